The van der Waals surface area contributed by atoms with Gasteiger partial charge in [-0.3, -0.25) is 9.69 Å². The van der Waals surface area contributed by atoms with Crippen molar-refractivity contribution in [3.63, 3.8) is 0 Å². The third-order valence-electron chi connectivity index (χ3n) is 3.70. The van der Waals surface area contributed by atoms with Gasteiger partial charge in [-0.1, -0.05) is 12.1 Å². The number of benzene rings is 1. The molecule has 0 saturated carbocycles. The first-order valence-corrected chi connectivity index (χ1v) is 6.52. The van der Waals surface area contributed by atoms with Gasteiger partial charge in [0, 0.05) is 19.5 Å². The van der Waals surface area contributed by atoms with E-state index < -0.39 is 0 Å². The Morgan fingerprint density at radius 2 is 2.32 bits per heavy atom. The van der Waals surface area contributed by atoms with Crippen molar-refractivity contribution >= 4 is 11.6 Å². The van der Waals surface area contributed by atoms with Crippen molar-refractivity contribution in [1.82, 2.24) is 4.90 Å². The minimum atomic E-state index is -0.182. The molecule has 104 valence electrons. The van der Waals surface area contributed by atoms with Crippen LogP contribution in [0.4, 0.5) is 5.69 Å². The molecule has 2 atom stereocenters. The summed E-state index contributed by atoms with van der Waals surface area (Å²) in [7, 11) is 2.04. The molecule has 0 aromatic heterocycles. The van der Waals surface area contributed by atoms with Crippen molar-refractivity contribution in [2.75, 3.05) is 25.5 Å². The quantitative estimate of drug-likeness (QED) is 0.718. The summed E-state index contributed by atoms with van der Waals surface area (Å²) in [5, 5.41) is 12.7. The summed E-state index contributed by atoms with van der Waals surface area (Å²) >= 11 is 0. The second-order valence-corrected chi connectivity index (χ2v) is 5.22. The van der Waals surface area contributed by atoms with E-state index >= 15 is 0 Å². The molecule has 1 aromatic rings. The molecule has 0 radical (unpaired) electrons. The van der Waals surface area contributed by atoms with E-state index in [-0.39, 0.29) is 17.7 Å². The van der Waals surface area contributed by atoms with Crippen LogP contribution >= 0.6 is 0 Å². The summed E-state index contributed by atoms with van der Waals surface area (Å²) in [5.41, 5.74) is 7.21. The molecule has 5 nitrogen and oxygen atoms in total. The Morgan fingerprint density at radius 1 is 1.58 bits per heavy atom. The van der Waals surface area contributed by atoms with E-state index in [0.29, 0.717) is 18.2 Å². The van der Waals surface area contributed by atoms with Gasteiger partial charge in [0.05, 0.1) is 5.69 Å². The monoisotopic (exact) mass is 263 g/mol. The number of hydrogen-bond acceptors (Lipinski definition) is 4. The van der Waals surface area contributed by atoms with Gasteiger partial charge in [0.15, 0.2) is 0 Å². The highest BCUT2D eigenvalue weighted by molar-refractivity contribution is 5.91. The lowest BCUT2D eigenvalue weighted by Crippen LogP contribution is -2.21. The number of aromatic hydroxyl groups is 1. The number of phenolic OH excluding ortho intramolecular Hbond substituents is 1. The maximum atomic E-state index is 11.3. The van der Waals surface area contributed by atoms with Crippen molar-refractivity contribution in [2.45, 2.75) is 19.4 Å². The van der Waals surface area contributed by atoms with Gasteiger partial charge in [0.2, 0.25) is 5.91 Å². The number of phenols is 1. The largest absolute Gasteiger partial charge is 0.506 e. The molecule has 2 rings (SSSR count). The fourth-order valence-corrected chi connectivity index (χ4v) is 2.79. The van der Waals surface area contributed by atoms with E-state index in [2.05, 4.69) is 10.2 Å². The van der Waals surface area contributed by atoms with Gasteiger partial charge in [-0.15, -0.1) is 0 Å². The number of carbonyl (C=O) groups is 1. The zero-order chi connectivity index (χ0) is 14.0. The molecule has 1 aromatic carbocycles. The predicted octanol–water partition coefficient (Wildman–Crippen LogP) is 1.30. The number of nitrogens with one attached hydrogen (secondary N) is 1. The number of likely N-dealkylation sites (tertiary alicyclic amines) is 1. The highest BCUT2D eigenvalue weighted by Gasteiger charge is 2.31. The van der Waals surface area contributed by atoms with Crippen LogP contribution in [0.2, 0.25) is 0 Å². The highest BCUT2D eigenvalue weighted by Crippen LogP contribution is 2.40. The Bertz CT molecular complexity index is 476. The third-order valence-corrected chi connectivity index (χ3v) is 3.70. The standard InChI is InChI=1S/C14H21N3O2/c1-9(18)16-14-11(4-3-5-13(14)19)12-6-10(7-15)8-17(12)2/h3-5,10,12,19H,6-8,15H2,1-2H3,(H,16,18). The van der Waals surface area contributed by atoms with Gasteiger partial charge in [-0.05, 0) is 37.6 Å². The number of hydrogen-bond donors (Lipinski definition) is 3. The maximum absolute atomic E-state index is 11.3. The van der Waals surface area contributed by atoms with E-state index in [4.69, 9.17) is 5.73 Å². The summed E-state index contributed by atoms with van der Waals surface area (Å²) < 4.78 is 0. The van der Waals surface area contributed by atoms with Crippen LogP contribution in [0.5, 0.6) is 5.75 Å². The van der Waals surface area contributed by atoms with Gasteiger partial charge in [-0.2, -0.15) is 0 Å². The van der Waals surface area contributed by atoms with Crippen LogP contribution in [-0.2, 0) is 4.79 Å². The Kier molecular flexibility index (Phi) is 4.07. The van der Waals surface area contributed by atoms with Crippen LogP contribution in [0.15, 0.2) is 18.2 Å². The molecule has 1 fully saturated rings. The Morgan fingerprint density at radius 3 is 2.89 bits per heavy atom. The zero-order valence-electron chi connectivity index (χ0n) is 11.4. The number of anilines is 1. The molecule has 19 heavy (non-hydrogen) atoms. The minimum absolute atomic E-state index is 0.109. The summed E-state index contributed by atoms with van der Waals surface area (Å²) in [6.45, 7) is 3.04. The number of nitrogens with zero attached hydrogens (tertiary/aromatic N) is 1. The fraction of sp³-hybridized carbons (Fsp3) is 0.500. The van der Waals surface area contributed by atoms with Gasteiger partial charge in [0.25, 0.3) is 0 Å². The number of nitrogens with two attached hydrogens (primary N) is 1. The Hall–Kier alpha value is -1.59. The molecule has 1 heterocycles. The molecule has 1 saturated heterocycles. The predicted molar refractivity (Wildman–Crippen MR) is 74.9 cm³/mol. The topological polar surface area (TPSA) is 78.6 Å². The second kappa shape index (κ2) is 5.59. The Labute approximate surface area is 113 Å². The molecule has 1 aliphatic rings. The van der Waals surface area contributed by atoms with Crippen molar-refractivity contribution < 1.29 is 9.90 Å². The zero-order valence-corrected chi connectivity index (χ0v) is 11.4. The summed E-state index contributed by atoms with van der Waals surface area (Å²) in [4.78, 5) is 13.5. The number of amides is 1. The molecule has 1 aliphatic heterocycles. The lowest BCUT2D eigenvalue weighted by molar-refractivity contribution is -0.114. The lowest BCUT2D eigenvalue weighted by atomic mass is 9.98. The van der Waals surface area contributed by atoms with Crippen molar-refractivity contribution in [3.8, 4) is 5.75 Å². The maximum Gasteiger partial charge on any atom is 0.221 e. The fourth-order valence-electron chi connectivity index (χ4n) is 2.79. The smallest absolute Gasteiger partial charge is 0.221 e. The summed E-state index contributed by atoms with van der Waals surface area (Å²) in [5.74, 6) is 0.388. The normalized spacial score (nSPS) is 23.5. The highest BCUT2D eigenvalue weighted by atomic mass is 16.3. The Balaban J connectivity index is 2.34. The van der Waals surface area contributed by atoms with Crippen LogP contribution in [0.3, 0.4) is 0 Å². The van der Waals surface area contributed by atoms with E-state index in [9.17, 15) is 9.90 Å². The summed E-state index contributed by atoms with van der Waals surface area (Å²) in [6.07, 6.45) is 0.947. The molecular weight excluding hydrogens is 242 g/mol. The van der Waals surface area contributed by atoms with Gasteiger partial charge >= 0.3 is 0 Å². The number of para-hydroxylation sites is 1. The number of rotatable bonds is 3. The van der Waals surface area contributed by atoms with Gasteiger partial charge in [0.1, 0.15) is 5.75 Å². The van der Waals surface area contributed by atoms with E-state index in [1.807, 2.05) is 13.1 Å². The van der Waals surface area contributed by atoms with Crippen molar-refractivity contribution in [3.05, 3.63) is 23.8 Å². The minimum Gasteiger partial charge on any atom is -0.506 e. The average Bonchev–Trinajstić information content (AvgIpc) is 2.73. The van der Waals surface area contributed by atoms with Gasteiger partial charge < -0.3 is 16.2 Å². The average molecular weight is 263 g/mol. The van der Waals surface area contributed by atoms with E-state index in [0.717, 1.165) is 18.5 Å². The van der Waals surface area contributed by atoms with E-state index in [1.54, 1.807) is 12.1 Å². The molecule has 1 amide bonds. The van der Waals surface area contributed by atoms with Crippen LogP contribution in [0.1, 0.15) is 24.9 Å². The SMILES string of the molecule is CC(=O)Nc1c(O)cccc1C1CC(CN)CN1C. The first-order chi connectivity index (χ1) is 9.02. The number of carbonyl (C=O) groups excluding carboxylic acids is 1. The van der Waals surface area contributed by atoms with E-state index in [1.165, 1.54) is 6.92 Å². The molecule has 4 N–H and O–H groups in total. The van der Waals surface area contributed by atoms with Crippen LogP contribution in [0.25, 0.3) is 0 Å². The molecular formula is C14H21N3O2. The lowest BCUT2D eigenvalue weighted by Gasteiger charge is -2.23. The molecule has 5 heteroatoms. The molecule has 2 unspecified atom stereocenters. The van der Waals surface area contributed by atoms with Crippen LogP contribution in [-0.4, -0.2) is 36.1 Å². The second-order valence-electron chi connectivity index (χ2n) is 5.22. The molecule has 0 bridgehead atoms. The van der Waals surface area contributed by atoms with Crippen LogP contribution < -0.4 is 11.1 Å². The van der Waals surface area contributed by atoms with Crippen molar-refractivity contribution in [1.29, 1.82) is 0 Å². The van der Waals surface area contributed by atoms with Crippen molar-refractivity contribution in [2.24, 2.45) is 11.7 Å². The van der Waals surface area contributed by atoms with Crippen LogP contribution in [0, 0.1) is 5.92 Å². The third kappa shape index (κ3) is 2.88. The molecule has 0 spiro atoms. The first-order valence-electron chi connectivity index (χ1n) is 6.52. The molecule has 0 aliphatic carbocycles. The van der Waals surface area contributed by atoms with Gasteiger partial charge in [-0.25, -0.2) is 0 Å². The first kappa shape index (κ1) is 13.8. The summed E-state index contributed by atoms with van der Waals surface area (Å²) in [6, 6.07) is 5.52.